The summed E-state index contributed by atoms with van der Waals surface area (Å²) in [6, 6.07) is 18.4. The summed E-state index contributed by atoms with van der Waals surface area (Å²) in [5.74, 6) is -0.908. The molecule has 0 aliphatic carbocycles. The highest BCUT2D eigenvalue weighted by atomic mass is 35.5. The Labute approximate surface area is 206 Å². The number of anilines is 1. The van der Waals surface area contributed by atoms with Gasteiger partial charge in [-0.15, -0.1) is 0 Å². The van der Waals surface area contributed by atoms with Gasteiger partial charge in [-0.2, -0.15) is 0 Å². The number of amides is 1. The molecule has 1 aromatic heterocycles. The Morgan fingerprint density at radius 2 is 1.77 bits per heavy atom. The second-order valence-corrected chi connectivity index (χ2v) is 8.11. The minimum absolute atomic E-state index is 0.109. The summed E-state index contributed by atoms with van der Waals surface area (Å²) in [4.78, 5) is 37.6. The molecule has 4 rings (SSSR count). The summed E-state index contributed by atoms with van der Waals surface area (Å²) in [6.07, 6.45) is 0. The summed E-state index contributed by atoms with van der Waals surface area (Å²) < 4.78 is 16.7. The van der Waals surface area contributed by atoms with Crippen LogP contribution in [0.15, 0.2) is 75.9 Å². The third-order valence-corrected chi connectivity index (χ3v) is 5.48. The van der Waals surface area contributed by atoms with Crippen molar-refractivity contribution in [3.63, 3.8) is 0 Å². The van der Waals surface area contributed by atoms with Gasteiger partial charge in [0.2, 0.25) is 11.2 Å². The fourth-order valence-electron chi connectivity index (χ4n) is 3.48. The summed E-state index contributed by atoms with van der Waals surface area (Å²) >= 11 is 6.36. The van der Waals surface area contributed by atoms with E-state index < -0.39 is 23.9 Å². The molecule has 0 saturated heterocycles. The number of carbonyl (C=O) groups is 2. The predicted octanol–water partition coefficient (Wildman–Crippen LogP) is 5.62. The second-order valence-electron chi connectivity index (χ2n) is 7.70. The van der Waals surface area contributed by atoms with Gasteiger partial charge >= 0.3 is 5.97 Å². The van der Waals surface area contributed by atoms with E-state index >= 15 is 0 Å². The smallest absolute Gasteiger partial charge is 0.338 e. The molecule has 1 heterocycles. The average molecular weight is 492 g/mol. The molecular weight excluding hydrogens is 470 g/mol. The van der Waals surface area contributed by atoms with Gasteiger partial charge in [0.1, 0.15) is 5.58 Å². The van der Waals surface area contributed by atoms with Crippen LogP contribution in [0.5, 0.6) is 5.75 Å². The van der Waals surface area contributed by atoms with Crippen LogP contribution in [0.1, 0.15) is 22.8 Å². The van der Waals surface area contributed by atoms with Crippen LogP contribution in [-0.2, 0) is 9.53 Å². The molecule has 178 valence electrons. The van der Waals surface area contributed by atoms with Gasteiger partial charge in [-0.3, -0.25) is 9.59 Å². The molecule has 0 bridgehead atoms. The molecule has 0 saturated carbocycles. The molecule has 0 aliphatic rings. The Morgan fingerprint density at radius 1 is 1.03 bits per heavy atom. The first-order chi connectivity index (χ1) is 16.9. The molecule has 0 unspecified atom stereocenters. The van der Waals surface area contributed by atoms with E-state index in [0.29, 0.717) is 32.8 Å². The standard InChI is InChI=1S/C27H22ClNO6/c1-3-33-27(32)17-9-11-18(12-10-17)29-23(30)15-34-26-24(31)20-13-8-16(2)14-22(20)35-25(26)19-6-4-5-7-21(19)28/h4-14H,3,15H2,1-2H3,(H,29,30). The number of hydrogen-bond acceptors (Lipinski definition) is 6. The number of fused-ring (bicyclic) bond motifs is 1. The summed E-state index contributed by atoms with van der Waals surface area (Å²) in [7, 11) is 0. The van der Waals surface area contributed by atoms with Gasteiger partial charge in [0.25, 0.3) is 5.91 Å². The number of halogens is 1. The number of ether oxygens (including phenoxy) is 2. The van der Waals surface area contributed by atoms with Gasteiger partial charge in [-0.1, -0.05) is 29.8 Å². The van der Waals surface area contributed by atoms with Crippen molar-refractivity contribution in [3.8, 4) is 17.1 Å². The molecular formula is C27H22ClNO6. The van der Waals surface area contributed by atoms with Crippen molar-refractivity contribution >= 4 is 40.1 Å². The number of rotatable bonds is 7. The monoisotopic (exact) mass is 491 g/mol. The van der Waals surface area contributed by atoms with Crippen molar-refractivity contribution in [3.05, 3.63) is 93.1 Å². The molecule has 0 fully saturated rings. The lowest BCUT2D eigenvalue weighted by Gasteiger charge is -2.13. The lowest BCUT2D eigenvalue weighted by Crippen LogP contribution is -2.22. The molecule has 8 heteroatoms. The Bertz CT molecular complexity index is 1460. The van der Waals surface area contributed by atoms with E-state index in [1.165, 1.54) is 0 Å². The van der Waals surface area contributed by atoms with Crippen LogP contribution in [-0.4, -0.2) is 25.1 Å². The fraction of sp³-hybridized carbons (Fsp3) is 0.148. The highest BCUT2D eigenvalue weighted by Gasteiger charge is 2.20. The zero-order chi connectivity index (χ0) is 24.9. The predicted molar refractivity (Wildman–Crippen MR) is 134 cm³/mol. The van der Waals surface area contributed by atoms with E-state index in [1.807, 2.05) is 6.92 Å². The minimum Gasteiger partial charge on any atom is -0.476 e. The van der Waals surface area contributed by atoms with E-state index in [-0.39, 0.29) is 18.1 Å². The third-order valence-electron chi connectivity index (χ3n) is 5.15. The number of nitrogens with one attached hydrogen (secondary N) is 1. The Balaban J connectivity index is 1.59. The molecule has 4 aromatic rings. The van der Waals surface area contributed by atoms with Crippen molar-refractivity contribution in [2.45, 2.75) is 13.8 Å². The summed E-state index contributed by atoms with van der Waals surface area (Å²) in [6.45, 7) is 3.44. The van der Waals surface area contributed by atoms with Crippen molar-refractivity contribution in [1.82, 2.24) is 0 Å². The van der Waals surface area contributed by atoms with E-state index in [4.69, 9.17) is 25.5 Å². The number of benzene rings is 3. The fourth-order valence-corrected chi connectivity index (χ4v) is 3.70. The number of esters is 1. The van der Waals surface area contributed by atoms with Crippen molar-refractivity contribution in [2.75, 3.05) is 18.5 Å². The summed E-state index contributed by atoms with van der Waals surface area (Å²) in [5, 5.41) is 3.37. The maximum atomic E-state index is 13.3. The van der Waals surface area contributed by atoms with E-state index in [1.54, 1.807) is 73.7 Å². The molecule has 0 radical (unpaired) electrons. The van der Waals surface area contributed by atoms with Crippen LogP contribution in [0.3, 0.4) is 0 Å². The van der Waals surface area contributed by atoms with Crippen LogP contribution in [0.25, 0.3) is 22.3 Å². The molecule has 0 aliphatic heterocycles. The Morgan fingerprint density at radius 3 is 2.49 bits per heavy atom. The Hall–Kier alpha value is -4.10. The number of carbonyl (C=O) groups excluding carboxylic acids is 2. The van der Waals surface area contributed by atoms with E-state index in [2.05, 4.69) is 5.32 Å². The van der Waals surface area contributed by atoms with Gasteiger partial charge in [-0.05, 0) is 67.9 Å². The topological polar surface area (TPSA) is 94.8 Å². The lowest BCUT2D eigenvalue weighted by molar-refractivity contribution is -0.118. The first-order valence-electron chi connectivity index (χ1n) is 10.9. The normalized spacial score (nSPS) is 10.7. The van der Waals surface area contributed by atoms with Gasteiger partial charge in [0, 0.05) is 11.3 Å². The van der Waals surface area contributed by atoms with Crippen LogP contribution >= 0.6 is 11.6 Å². The van der Waals surface area contributed by atoms with Gasteiger partial charge in [0.15, 0.2) is 12.4 Å². The van der Waals surface area contributed by atoms with E-state index in [0.717, 1.165) is 5.56 Å². The highest BCUT2D eigenvalue weighted by Crippen LogP contribution is 2.35. The number of hydrogen-bond donors (Lipinski definition) is 1. The SMILES string of the molecule is CCOC(=O)c1ccc(NC(=O)COc2c(-c3ccccc3Cl)oc3cc(C)ccc3c2=O)cc1. The van der Waals surface area contributed by atoms with Crippen molar-refractivity contribution in [2.24, 2.45) is 0 Å². The first kappa shape index (κ1) is 24.0. The molecule has 0 spiro atoms. The summed E-state index contributed by atoms with van der Waals surface area (Å²) in [5.41, 5.74) is 2.21. The van der Waals surface area contributed by atoms with Crippen LogP contribution in [0.2, 0.25) is 5.02 Å². The highest BCUT2D eigenvalue weighted by molar-refractivity contribution is 6.33. The quantitative estimate of drug-likeness (QED) is 0.337. The van der Waals surface area contributed by atoms with Gasteiger partial charge in [0.05, 0.1) is 22.6 Å². The minimum atomic E-state index is -0.498. The largest absolute Gasteiger partial charge is 0.476 e. The first-order valence-corrected chi connectivity index (χ1v) is 11.3. The third kappa shape index (κ3) is 5.36. The van der Waals surface area contributed by atoms with Crippen LogP contribution in [0, 0.1) is 6.92 Å². The number of aryl methyl sites for hydroxylation is 1. The maximum absolute atomic E-state index is 13.3. The molecule has 1 N–H and O–H groups in total. The maximum Gasteiger partial charge on any atom is 0.338 e. The zero-order valence-corrected chi connectivity index (χ0v) is 19.8. The molecule has 0 atom stereocenters. The van der Waals surface area contributed by atoms with Crippen molar-refractivity contribution in [1.29, 1.82) is 0 Å². The molecule has 3 aromatic carbocycles. The van der Waals surface area contributed by atoms with Gasteiger partial charge in [-0.25, -0.2) is 4.79 Å². The average Bonchev–Trinajstić information content (AvgIpc) is 2.84. The zero-order valence-electron chi connectivity index (χ0n) is 19.1. The van der Waals surface area contributed by atoms with Crippen molar-refractivity contribution < 1.29 is 23.5 Å². The Kier molecular flexibility index (Phi) is 7.17. The lowest BCUT2D eigenvalue weighted by atomic mass is 10.1. The second kappa shape index (κ2) is 10.4. The molecule has 35 heavy (non-hydrogen) atoms. The molecule has 1 amide bonds. The van der Waals surface area contributed by atoms with E-state index in [9.17, 15) is 14.4 Å². The molecule has 7 nitrogen and oxygen atoms in total. The van der Waals surface area contributed by atoms with Crippen LogP contribution < -0.4 is 15.5 Å². The van der Waals surface area contributed by atoms with Crippen LogP contribution in [0.4, 0.5) is 5.69 Å². The van der Waals surface area contributed by atoms with Gasteiger partial charge < -0.3 is 19.2 Å².